The Bertz CT molecular complexity index is 1020. The van der Waals surface area contributed by atoms with Crippen LogP contribution >= 0.6 is 0 Å². The molecule has 8 heteroatoms. The van der Waals surface area contributed by atoms with E-state index in [4.69, 9.17) is 9.47 Å². The van der Waals surface area contributed by atoms with Gasteiger partial charge in [0.1, 0.15) is 17.1 Å². The third-order valence-electron chi connectivity index (χ3n) is 5.33. The summed E-state index contributed by atoms with van der Waals surface area (Å²) in [6.45, 7) is 5.51. The van der Waals surface area contributed by atoms with E-state index in [2.05, 4.69) is 15.0 Å². The predicted octanol–water partition coefficient (Wildman–Crippen LogP) is 2.01. The molecule has 29 heavy (non-hydrogen) atoms. The quantitative estimate of drug-likeness (QED) is 0.658. The summed E-state index contributed by atoms with van der Waals surface area (Å²) in [4.78, 5) is 21.7. The highest BCUT2D eigenvalue weighted by atomic mass is 16.5. The van der Waals surface area contributed by atoms with Gasteiger partial charge in [-0.1, -0.05) is 0 Å². The summed E-state index contributed by atoms with van der Waals surface area (Å²) in [7, 11) is 3.34. The van der Waals surface area contributed by atoms with Gasteiger partial charge in [-0.3, -0.25) is 9.69 Å². The minimum atomic E-state index is -0.00480. The van der Waals surface area contributed by atoms with E-state index in [0.29, 0.717) is 30.0 Å². The molecule has 0 spiro atoms. The smallest absolute Gasteiger partial charge is 0.259 e. The molecule has 4 rings (SSSR count). The highest BCUT2D eigenvalue weighted by Crippen LogP contribution is 2.26. The highest BCUT2D eigenvalue weighted by molar-refractivity contribution is 6.01. The fourth-order valence-corrected chi connectivity index (χ4v) is 3.76. The number of aromatic nitrogens is 3. The topological polar surface area (TPSA) is 72.2 Å². The predicted molar refractivity (Wildman–Crippen MR) is 108 cm³/mol. The zero-order valence-corrected chi connectivity index (χ0v) is 17.0. The minimum absolute atomic E-state index is 0.00480. The second-order valence-corrected chi connectivity index (χ2v) is 7.09. The van der Waals surface area contributed by atoms with Crippen LogP contribution in [0.2, 0.25) is 0 Å². The van der Waals surface area contributed by atoms with Crippen molar-refractivity contribution in [2.75, 3.05) is 40.4 Å². The lowest BCUT2D eigenvalue weighted by atomic mass is 10.1. The van der Waals surface area contributed by atoms with Gasteiger partial charge >= 0.3 is 0 Å². The second-order valence-electron chi connectivity index (χ2n) is 7.09. The minimum Gasteiger partial charge on any atom is -0.497 e. The molecule has 0 N–H and O–H groups in total. The van der Waals surface area contributed by atoms with Crippen LogP contribution in [0.3, 0.4) is 0 Å². The molecule has 1 saturated heterocycles. The summed E-state index contributed by atoms with van der Waals surface area (Å²) in [5, 5.41) is 4.41. The third-order valence-corrected chi connectivity index (χ3v) is 5.33. The molecule has 0 saturated carbocycles. The summed E-state index contributed by atoms with van der Waals surface area (Å²) in [6, 6.07) is 7.63. The van der Waals surface area contributed by atoms with Gasteiger partial charge in [0.2, 0.25) is 0 Å². The van der Waals surface area contributed by atoms with Gasteiger partial charge in [0.25, 0.3) is 5.91 Å². The Morgan fingerprint density at radius 2 is 1.93 bits per heavy atom. The largest absolute Gasteiger partial charge is 0.497 e. The molecule has 3 aromatic rings. The molecule has 152 valence electrons. The number of carbonyl (C=O) groups is 1. The molecule has 0 atom stereocenters. The van der Waals surface area contributed by atoms with Gasteiger partial charge in [0.15, 0.2) is 5.65 Å². The summed E-state index contributed by atoms with van der Waals surface area (Å²) in [6.07, 6.45) is 3.50. The molecule has 1 amide bonds. The first kappa shape index (κ1) is 19.2. The lowest BCUT2D eigenvalue weighted by Gasteiger charge is -2.35. The monoisotopic (exact) mass is 395 g/mol. The number of piperazine rings is 1. The summed E-state index contributed by atoms with van der Waals surface area (Å²) < 4.78 is 12.5. The van der Waals surface area contributed by atoms with Crippen molar-refractivity contribution in [3.8, 4) is 11.5 Å². The molecule has 0 bridgehead atoms. The number of amides is 1. The van der Waals surface area contributed by atoms with Gasteiger partial charge in [-0.05, 0) is 31.2 Å². The molecule has 0 radical (unpaired) electrons. The van der Waals surface area contributed by atoms with Gasteiger partial charge in [0, 0.05) is 50.7 Å². The van der Waals surface area contributed by atoms with Crippen LogP contribution < -0.4 is 9.47 Å². The zero-order valence-electron chi connectivity index (χ0n) is 17.0. The first-order chi connectivity index (χ1) is 14.1. The van der Waals surface area contributed by atoms with Gasteiger partial charge in [-0.25, -0.2) is 9.50 Å². The van der Waals surface area contributed by atoms with Crippen molar-refractivity contribution in [2.45, 2.75) is 13.5 Å². The zero-order chi connectivity index (χ0) is 20.4. The van der Waals surface area contributed by atoms with E-state index in [0.717, 1.165) is 36.7 Å². The van der Waals surface area contributed by atoms with Gasteiger partial charge < -0.3 is 14.4 Å². The van der Waals surface area contributed by atoms with Crippen molar-refractivity contribution >= 4 is 11.6 Å². The third kappa shape index (κ3) is 3.75. The van der Waals surface area contributed by atoms with E-state index in [1.54, 1.807) is 31.0 Å². The number of carbonyl (C=O) groups excluding carboxylic acids is 1. The van der Waals surface area contributed by atoms with E-state index in [-0.39, 0.29) is 5.91 Å². The van der Waals surface area contributed by atoms with Crippen molar-refractivity contribution in [1.82, 2.24) is 24.4 Å². The van der Waals surface area contributed by atoms with E-state index in [1.165, 1.54) is 0 Å². The van der Waals surface area contributed by atoms with Crippen LogP contribution in [-0.4, -0.2) is 70.7 Å². The van der Waals surface area contributed by atoms with Crippen LogP contribution in [0.5, 0.6) is 11.5 Å². The van der Waals surface area contributed by atoms with E-state index < -0.39 is 0 Å². The number of ether oxygens (including phenoxy) is 2. The van der Waals surface area contributed by atoms with Crippen LogP contribution in [0.15, 0.2) is 36.7 Å². The second kappa shape index (κ2) is 8.08. The molecule has 3 heterocycles. The molecule has 8 nitrogen and oxygen atoms in total. The Kier molecular flexibility index (Phi) is 5.35. The van der Waals surface area contributed by atoms with Crippen molar-refractivity contribution in [3.63, 3.8) is 0 Å². The summed E-state index contributed by atoms with van der Waals surface area (Å²) in [5.41, 5.74) is 2.98. The molecule has 1 fully saturated rings. The normalized spacial score (nSPS) is 14.9. The first-order valence-electron chi connectivity index (χ1n) is 9.63. The Morgan fingerprint density at radius 1 is 1.14 bits per heavy atom. The van der Waals surface area contributed by atoms with Gasteiger partial charge in [0.05, 0.1) is 19.9 Å². The van der Waals surface area contributed by atoms with Crippen molar-refractivity contribution in [2.24, 2.45) is 0 Å². The SMILES string of the molecule is COc1ccc(OC)c(CN2CCN(C(=O)c3c(C)nn4cccnc34)CC2)c1. The number of aryl methyl sites for hydroxylation is 1. The lowest BCUT2D eigenvalue weighted by Crippen LogP contribution is -2.48. The summed E-state index contributed by atoms with van der Waals surface area (Å²) >= 11 is 0. The number of hydrogen-bond donors (Lipinski definition) is 0. The van der Waals surface area contributed by atoms with Gasteiger partial charge in [-0.15, -0.1) is 0 Å². The summed E-state index contributed by atoms with van der Waals surface area (Å²) in [5.74, 6) is 1.65. The van der Waals surface area contributed by atoms with Crippen LogP contribution in [-0.2, 0) is 6.54 Å². The molecular weight excluding hydrogens is 370 g/mol. The fourth-order valence-electron chi connectivity index (χ4n) is 3.76. The maximum Gasteiger partial charge on any atom is 0.259 e. The molecule has 1 aliphatic rings. The van der Waals surface area contributed by atoms with E-state index in [1.807, 2.05) is 36.2 Å². The molecule has 1 aromatic carbocycles. The molecule has 2 aromatic heterocycles. The van der Waals surface area contributed by atoms with Crippen LogP contribution in [0.25, 0.3) is 5.65 Å². The number of hydrogen-bond acceptors (Lipinski definition) is 6. The van der Waals surface area contributed by atoms with E-state index in [9.17, 15) is 4.79 Å². The van der Waals surface area contributed by atoms with Crippen molar-refractivity contribution in [3.05, 3.63) is 53.5 Å². The maximum atomic E-state index is 13.1. The number of benzene rings is 1. The van der Waals surface area contributed by atoms with E-state index >= 15 is 0 Å². The Hall–Kier alpha value is -3.13. The molecular formula is C21H25N5O3. The fraction of sp³-hybridized carbons (Fsp3) is 0.381. The van der Waals surface area contributed by atoms with Crippen LogP contribution in [0.4, 0.5) is 0 Å². The number of methoxy groups -OCH3 is 2. The lowest BCUT2D eigenvalue weighted by molar-refractivity contribution is 0.0628. The number of nitrogens with zero attached hydrogens (tertiary/aromatic N) is 5. The Balaban J connectivity index is 1.44. The standard InChI is InChI=1S/C21H25N5O3/c1-15-19(20-22-7-4-8-26(20)23-15)21(27)25-11-9-24(10-12-25)14-16-13-17(28-2)5-6-18(16)29-3/h4-8,13H,9-12,14H2,1-3H3. The maximum absolute atomic E-state index is 13.1. The first-order valence-corrected chi connectivity index (χ1v) is 9.63. The molecule has 0 unspecified atom stereocenters. The average molecular weight is 395 g/mol. The van der Waals surface area contributed by atoms with Crippen LogP contribution in [0, 0.1) is 6.92 Å². The highest BCUT2D eigenvalue weighted by Gasteiger charge is 2.27. The van der Waals surface area contributed by atoms with Gasteiger partial charge in [-0.2, -0.15) is 5.10 Å². The Morgan fingerprint density at radius 3 is 2.66 bits per heavy atom. The van der Waals surface area contributed by atoms with Crippen LogP contribution in [0.1, 0.15) is 21.6 Å². The Labute approximate surface area is 169 Å². The van der Waals surface area contributed by atoms with Crippen molar-refractivity contribution in [1.29, 1.82) is 0 Å². The van der Waals surface area contributed by atoms with Crippen molar-refractivity contribution < 1.29 is 14.3 Å². The number of fused-ring (bicyclic) bond motifs is 1. The number of rotatable bonds is 5. The molecule has 1 aliphatic heterocycles. The average Bonchev–Trinajstić information content (AvgIpc) is 3.09. The molecule has 0 aliphatic carbocycles.